The third-order valence-corrected chi connectivity index (χ3v) is 2.96. The van der Waals surface area contributed by atoms with Crippen molar-refractivity contribution in [2.75, 3.05) is 5.73 Å². The van der Waals surface area contributed by atoms with Gasteiger partial charge in [-0.15, -0.1) is 0 Å². The SMILES string of the molecule is Nc1cc(F)c(-n2ccc(C(F)(F)F)n2)c2ncccc12. The van der Waals surface area contributed by atoms with Crippen LogP contribution in [0.1, 0.15) is 5.69 Å². The van der Waals surface area contributed by atoms with Crippen LogP contribution in [0.2, 0.25) is 0 Å². The summed E-state index contributed by atoms with van der Waals surface area (Å²) in [6, 6.07) is 5.01. The number of alkyl halides is 3. The summed E-state index contributed by atoms with van der Waals surface area (Å²) in [6.07, 6.45) is -2.16. The summed E-state index contributed by atoms with van der Waals surface area (Å²) < 4.78 is 52.7. The van der Waals surface area contributed by atoms with Crippen molar-refractivity contribution in [2.45, 2.75) is 6.18 Å². The lowest BCUT2D eigenvalue weighted by atomic mass is 10.1. The number of nitrogen functional groups attached to an aromatic ring is 1. The van der Waals surface area contributed by atoms with E-state index in [0.29, 0.717) is 5.39 Å². The second-order valence-corrected chi connectivity index (χ2v) is 4.34. The van der Waals surface area contributed by atoms with Gasteiger partial charge in [-0.2, -0.15) is 18.3 Å². The van der Waals surface area contributed by atoms with Crippen LogP contribution in [0.4, 0.5) is 23.2 Å². The average molecular weight is 296 g/mol. The van der Waals surface area contributed by atoms with Crippen LogP contribution in [0.5, 0.6) is 0 Å². The lowest BCUT2D eigenvalue weighted by molar-refractivity contribution is -0.141. The molecule has 0 spiro atoms. The second kappa shape index (κ2) is 4.44. The molecule has 108 valence electrons. The molecule has 2 heterocycles. The fourth-order valence-corrected chi connectivity index (χ4v) is 2.04. The normalized spacial score (nSPS) is 12.0. The van der Waals surface area contributed by atoms with Crippen molar-refractivity contribution >= 4 is 16.6 Å². The molecule has 2 N–H and O–H groups in total. The number of nitrogens with two attached hydrogens (primary N) is 1. The zero-order valence-corrected chi connectivity index (χ0v) is 10.4. The molecule has 0 radical (unpaired) electrons. The van der Waals surface area contributed by atoms with Crippen LogP contribution in [-0.4, -0.2) is 14.8 Å². The first kappa shape index (κ1) is 13.3. The Balaban J connectivity index is 2.28. The van der Waals surface area contributed by atoms with Gasteiger partial charge in [0.15, 0.2) is 11.5 Å². The molecular weight excluding hydrogens is 288 g/mol. The Hall–Kier alpha value is -2.64. The largest absolute Gasteiger partial charge is 0.435 e. The minimum absolute atomic E-state index is 0.145. The number of anilines is 1. The summed E-state index contributed by atoms with van der Waals surface area (Å²) in [5.74, 6) is -0.796. The van der Waals surface area contributed by atoms with E-state index in [1.165, 1.54) is 6.20 Å². The van der Waals surface area contributed by atoms with Gasteiger partial charge < -0.3 is 5.73 Å². The highest BCUT2D eigenvalue weighted by atomic mass is 19.4. The van der Waals surface area contributed by atoms with Gasteiger partial charge in [-0.3, -0.25) is 4.98 Å². The van der Waals surface area contributed by atoms with Crippen molar-refractivity contribution in [1.29, 1.82) is 0 Å². The van der Waals surface area contributed by atoms with Gasteiger partial charge in [-0.1, -0.05) is 0 Å². The number of rotatable bonds is 1. The summed E-state index contributed by atoms with van der Waals surface area (Å²) in [5.41, 5.74) is 4.71. The summed E-state index contributed by atoms with van der Waals surface area (Å²) >= 11 is 0. The fraction of sp³-hybridized carbons (Fsp3) is 0.0769. The van der Waals surface area contributed by atoms with E-state index in [0.717, 1.165) is 23.0 Å². The van der Waals surface area contributed by atoms with E-state index in [1.807, 2.05) is 0 Å². The zero-order valence-electron chi connectivity index (χ0n) is 10.4. The van der Waals surface area contributed by atoms with Crippen LogP contribution >= 0.6 is 0 Å². The number of hydrogen-bond acceptors (Lipinski definition) is 3. The number of hydrogen-bond donors (Lipinski definition) is 1. The Bertz CT molecular complexity index is 823. The third-order valence-electron chi connectivity index (χ3n) is 2.96. The van der Waals surface area contributed by atoms with Crippen LogP contribution in [0.3, 0.4) is 0 Å². The second-order valence-electron chi connectivity index (χ2n) is 4.34. The first-order chi connectivity index (χ1) is 9.88. The Morgan fingerprint density at radius 1 is 1.19 bits per heavy atom. The first-order valence-corrected chi connectivity index (χ1v) is 5.84. The Morgan fingerprint density at radius 2 is 1.95 bits per heavy atom. The van der Waals surface area contributed by atoms with E-state index in [9.17, 15) is 17.6 Å². The molecule has 0 fully saturated rings. The number of aromatic nitrogens is 3. The van der Waals surface area contributed by atoms with E-state index in [-0.39, 0.29) is 16.9 Å². The Kier molecular flexibility index (Phi) is 2.82. The van der Waals surface area contributed by atoms with Crippen LogP contribution < -0.4 is 5.73 Å². The van der Waals surface area contributed by atoms with Gasteiger partial charge in [0, 0.05) is 23.5 Å². The molecule has 2 aromatic heterocycles. The average Bonchev–Trinajstić information content (AvgIpc) is 2.88. The maximum Gasteiger partial charge on any atom is 0.435 e. The zero-order chi connectivity index (χ0) is 15.2. The van der Waals surface area contributed by atoms with Crippen molar-refractivity contribution in [1.82, 2.24) is 14.8 Å². The molecule has 0 aliphatic rings. The van der Waals surface area contributed by atoms with Crippen LogP contribution in [0, 0.1) is 5.82 Å². The van der Waals surface area contributed by atoms with Crippen LogP contribution in [0.25, 0.3) is 16.6 Å². The summed E-state index contributed by atoms with van der Waals surface area (Å²) in [4.78, 5) is 3.99. The molecule has 0 aliphatic carbocycles. The highest BCUT2D eigenvalue weighted by Gasteiger charge is 2.34. The molecule has 3 aromatic rings. The van der Waals surface area contributed by atoms with Gasteiger partial charge in [0.25, 0.3) is 0 Å². The molecule has 4 nitrogen and oxygen atoms in total. The number of fused-ring (bicyclic) bond motifs is 1. The number of benzene rings is 1. The maximum absolute atomic E-state index is 14.1. The van der Waals surface area contributed by atoms with E-state index >= 15 is 0 Å². The number of pyridine rings is 1. The third kappa shape index (κ3) is 2.18. The van der Waals surface area contributed by atoms with Gasteiger partial charge in [-0.05, 0) is 24.3 Å². The molecule has 0 unspecified atom stereocenters. The van der Waals surface area contributed by atoms with E-state index < -0.39 is 17.7 Å². The van der Waals surface area contributed by atoms with Gasteiger partial charge in [0.2, 0.25) is 0 Å². The summed E-state index contributed by atoms with van der Waals surface area (Å²) in [6.45, 7) is 0. The highest BCUT2D eigenvalue weighted by Crippen LogP contribution is 2.31. The molecule has 3 rings (SSSR count). The summed E-state index contributed by atoms with van der Waals surface area (Å²) in [5, 5.41) is 3.81. The standard InChI is InChI=1S/C13H8F4N4/c14-8-6-9(18)7-2-1-4-19-11(7)12(8)21-5-3-10(20-21)13(15,16)17/h1-6H,18H2. The van der Waals surface area contributed by atoms with Crippen molar-refractivity contribution in [3.05, 3.63) is 48.2 Å². The van der Waals surface area contributed by atoms with Gasteiger partial charge in [-0.25, -0.2) is 9.07 Å². The monoisotopic (exact) mass is 296 g/mol. The highest BCUT2D eigenvalue weighted by molar-refractivity contribution is 5.95. The smallest absolute Gasteiger partial charge is 0.398 e. The first-order valence-electron chi connectivity index (χ1n) is 5.84. The minimum Gasteiger partial charge on any atom is -0.398 e. The molecule has 21 heavy (non-hydrogen) atoms. The number of nitrogens with zero attached hydrogens (tertiary/aromatic N) is 3. The van der Waals surface area contributed by atoms with Gasteiger partial charge >= 0.3 is 6.18 Å². The van der Waals surface area contributed by atoms with Gasteiger partial charge in [0.1, 0.15) is 11.2 Å². The molecular formula is C13H8F4N4. The van der Waals surface area contributed by atoms with Crippen molar-refractivity contribution in [2.24, 2.45) is 0 Å². The molecule has 0 saturated heterocycles. The molecule has 0 saturated carbocycles. The lowest BCUT2D eigenvalue weighted by Gasteiger charge is -2.09. The van der Waals surface area contributed by atoms with Crippen molar-refractivity contribution in [3.63, 3.8) is 0 Å². The molecule has 0 amide bonds. The molecule has 0 bridgehead atoms. The van der Waals surface area contributed by atoms with E-state index in [2.05, 4.69) is 10.1 Å². The molecule has 1 aromatic carbocycles. The Labute approximate surface area is 115 Å². The predicted octanol–water partition coefficient (Wildman–Crippen LogP) is 3.16. The molecule has 0 aliphatic heterocycles. The summed E-state index contributed by atoms with van der Waals surface area (Å²) in [7, 11) is 0. The van der Waals surface area contributed by atoms with Crippen molar-refractivity contribution < 1.29 is 17.6 Å². The Morgan fingerprint density at radius 3 is 2.62 bits per heavy atom. The van der Waals surface area contributed by atoms with Crippen LogP contribution in [0.15, 0.2) is 36.7 Å². The van der Waals surface area contributed by atoms with Crippen LogP contribution in [-0.2, 0) is 6.18 Å². The maximum atomic E-state index is 14.1. The fourth-order valence-electron chi connectivity index (χ4n) is 2.04. The lowest BCUT2D eigenvalue weighted by Crippen LogP contribution is -2.08. The molecule has 8 heteroatoms. The van der Waals surface area contributed by atoms with E-state index in [4.69, 9.17) is 5.73 Å². The number of halogens is 4. The molecule has 0 atom stereocenters. The predicted molar refractivity (Wildman–Crippen MR) is 68.2 cm³/mol. The van der Waals surface area contributed by atoms with Crippen molar-refractivity contribution in [3.8, 4) is 5.69 Å². The topological polar surface area (TPSA) is 56.7 Å². The minimum atomic E-state index is -4.60. The van der Waals surface area contributed by atoms with Gasteiger partial charge in [0.05, 0.1) is 0 Å². The van der Waals surface area contributed by atoms with E-state index in [1.54, 1.807) is 12.1 Å². The quantitative estimate of drug-likeness (QED) is 0.554.